The van der Waals surface area contributed by atoms with Crippen LogP contribution in [-0.2, 0) is 0 Å². The Kier molecular flexibility index (Phi) is 4.40. The molecule has 19 heavy (non-hydrogen) atoms. The summed E-state index contributed by atoms with van der Waals surface area (Å²) >= 11 is 0. The summed E-state index contributed by atoms with van der Waals surface area (Å²) in [6.45, 7) is 0. The van der Waals surface area contributed by atoms with Gasteiger partial charge in [0.05, 0.1) is 6.07 Å². The Morgan fingerprint density at radius 1 is 1.16 bits per heavy atom. The van der Waals surface area contributed by atoms with E-state index in [-0.39, 0.29) is 0 Å². The Labute approximate surface area is 113 Å². The Hall–Kier alpha value is -2.02. The minimum atomic E-state index is -0.762. The van der Waals surface area contributed by atoms with Crippen molar-refractivity contribution in [1.29, 1.82) is 5.26 Å². The van der Waals surface area contributed by atoms with E-state index in [1.807, 2.05) is 6.07 Å². The maximum absolute atomic E-state index is 11.9. The summed E-state index contributed by atoms with van der Waals surface area (Å²) < 4.78 is 5.18. The van der Waals surface area contributed by atoms with E-state index in [1.54, 1.807) is 24.3 Å². The zero-order valence-corrected chi connectivity index (χ0v) is 10.9. The fourth-order valence-electron chi connectivity index (χ4n) is 2.41. The maximum atomic E-state index is 11.9. The summed E-state index contributed by atoms with van der Waals surface area (Å²) in [6, 6.07) is 11.1. The quantitative estimate of drug-likeness (QED) is 0.827. The van der Waals surface area contributed by atoms with Crippen LogP contribution in [0.4, 0.5) is 4.79 Å². The van der Waals surface area contributed by atoms with Gasteiger partial charge in [-0.1, -0.05) is 43.9 Å². The number of benzene rings is 1. The first-order valence-electron chi connectivity index (χ1n) is 6.70. The molecule has 1 saturated carbocycles. The molecule has 1 fully saturated rings. The van der Waals surface area contributed by atoms with E-state index in [4.69, 9.17) is 4.74 Å². The van der Waals surface area contributed by atoms with Crippen LogP contribution >= 0.6 is 0 Å². The Bertz CT molecular complexity index is 457. The van der Waals surface area contributed by atoms with Crippen molar-refractivity contribution in [3.05, 3.63) is 30.3 Å². The second-order valence-corrected chi connectivity index (χ2v) is 4.94. The molecule has 1 aromatic carbocycles. The topological polar surface area (TPSA) is 62.1 Å². The standard InChI is InChI=1S/C15H18N2O2/c16-12-15(10-6-1-2-7-11-15)17-14(18)19-13-8-4-3-5-9-13/h3-5,8-9H,1-2,6-7,10-11H2,(H,17,18). The van der Waals surface area contributed by atoms with Gasteiger partial charge in [0.25, 0.3) is 0 Å². The van der Waals surface area contributed by atoms with E-state index < -0.39 is 11.6 Å². The van der Waals surface area contributed by atoms with Crippen LogP contribution in [-0.4, -0.2) is 11.6 Å². The second-order valence-electron chi connectivity index (χ2n) is 4.94. The summed E-state index contributed by atoms with van der Waals surface area (Å²) in [5, 5.41) is 12.1. The lowest BCUT2D eigenvalue weighted by atomic mass is 9.92. The number of rotatable bonds is 2. The van der Waals surface area contributed by atoms with Crippen LogP contribution in [0, 0.1) is 11.3 Å². The molecule has 4 heteroatoms. The van der Waals surface area contributed by atoms with E-state index in [9.17, 15) is 10.1 Å². The lowest BCUT2D eigenvalue weighted by molar-refractivity contribution is 0.188. The van der Waals surface area contributed by atoms with Gasteiger partial charge < -0.3 is 10.1 Å². The lowest BCUT2D eigenvalue weighted by Gasteiger charge is -2.25. The summed E-state index contributed by atoms with van der Waals surface area (Å²) in [4.78, 5) is 11.9. The number of amides is 1. The highest BCUT2D eigenvalue weighted by Crippen LogP contribution is 2.26. The number of nitriles is 1. The summed E-state index contributed by atoms with van der Waals surface area (Å²) in [7, 11) is 0. The largest absolute Gasteiger partial charge is 0.413 e. The van der Waals surface area contributed by atoms with Crippen molar-refractivity contribution in [3.8, 4) is 11.8 Å². The molecule has 1 N–H and O–H groups in total. The Morgan fingerprint density at radius 2 is 1.79 bits per heavy atom. The van der Waals surface area contributed by atoms with E-state index >= 15 is 0 Å². The number of hydrogen-bond donors (Lipinski definition) is 1. The van der Waals surface area contributed by atoms with Gasteiger partial charge in [-0.15, -0.1) is 0 Å². The average molecular weight is 258 g/mol. The van der Waals surface area contributed by atoms with Gasteiger partial charge in [-0.2, -0.15) is 5.26 Å². The molecule has 1 aliphatic rings. The van der Waals surface area contributed by atoms with Crippen molar-refractivity contribution in [3.63, 3.8) is 0 Å². The number of para-hydroxylation sites is 1. The molecule has 0 atom stereocenters. The smallest absolute Gasteiger partial charge is 0.410 e. The molecular formula is C15H18N2O2. The number of nitrogens with one attached hydrogen (secondary N) is 1. The highest BCUT2D eigenvalue weighted by molar-refractivity contribution is 5.71. The average Bonchev–Trinajstić information content (AvgIpc) is 2.66. The van der Waals surface area contributed by atoms with Crippen LogP contribution in [0.3, 0.4) is 0 Å². The van der Waals surface area contributed by atoms with Gasteiger partial charge in [0, 0.05) is 0 Å². The van der Waals surface area contributed by atoms with Gasteiger partial charge in [-0.05, 0) is 25.0 Å². The number of hydrogen-bond acceptors (Lipinski definition) is 3. The molecule has 0 unspecified atom stereocenters. The molecule has 0 saturated heterocycles. The molecule has 1 aromatic rings. The molecule has 0 spiro atoms. The first-order valence-corrected chi connectivity index (χ1v) is 6.70. The molecule has 4 nitrogen and oxygen atoms in total. The number of carbonyl (C=O) groups excluding carboxylic acids is 1. The van der Waals surface area contributed by atoms with Gasteiger partial charge in [0.2, 0.25) is 0 Å². The van der Waals surface area contributed by atoms with Gasteiger partial charge in [0.15, 0.2) is 0 Å². The Balaban J connectivity index is 1.98. The van der Waals surface area contributed by atoms with Crippen molar-refractivity contribution >= 4 is 6.09 Å². The maximum Gasteiger partial charge on any atom is 0.413 e. The minimum absolute atomic E-state index is 0.488. The molecule has 100 valence electrons. The normalized spacial score (nSPS) is 17.8. The molecule has 0 aromatic heterocycles. The molecule has 0 bridgehead atoms. The predicted molar refractivity (Wildman–Crippen MR) is 71.6 cm³/mol. The van der Waals surface area contributed by atoms with E-state index in [0.717, 1.165) is 25.7 Å². The third-order valence-electron chi connectivity index (χ3n) is 3.47. The predicted octanol–water partition coefficient (Wildman–Crippen LogP) is 3.39. The zero-order chi connectivity index (χ0) is 13.6. The molecular weight excluding hydrogens is 240 g/mol. The third-order valence-corrected chi connectivity index (χ3v) is 3.47. The Morgan fingerprint density at radius 3 is 2.37 bits per heavy atom. The van der Waals surface area contributed by atoms with Gasteiger partial charge in [0.1, 0.15) is 11.3 Å². The highest BCUT2D eigenvalue weighted by atomic mass is 16.6. The molecule has 0 aliphatic heterocycles. The van der Waals surface area contributed by atoms with Crippen LogP contribution in [0.25, 0.3) is 0 Å². The first kappa shape index (κ1) is 13.4. The summed E-state index contributed by atoms with van der Waals surface area (Å²) in [5.74, 6) is 0.488. The molecule has 1 aliphatic carbocycles. The van der Waals surface area contributed by atoms with Crippen LogP contribution in [0.2, 0.25) is 0 Å². The second kappa shape index (κ2) is 6.24. The third kappa shape index (κ3) is 3.72. The fraction of sp³-hybridized carbons (Fsp3) is 0.467. The molecule has 0 radical (unpaired) electrons. The first-order chi connectivity index (χ1) is 9.24. The van der Waals surface area contributed by atoms with E-state index in [1.165, 1.54) is 0 Å². The fourth-order valence-corrected chi connectivity index (χ4v) is 2.41. The number of ether oxygens (including phenoxy) is 1. The van der Waals surface area contributed by atoms with Crippen molar-refractivity contribution in [1.82, 2.24) is 5.32 Å². The monoisotopic (exact) mass is 258 g/mol. The van der Waals surface area contributed by atoms with Gasteiger partial charge >= 0.3 is 6.09 Å². The molecule has 1 amide bonds. The van der Waals surface area contributed by atoms with Crippen molar-refractivity contribution in [2.24, 2.45) is 0 Å². The van der Waals surface area contributed by atoms with Crippen molar-refractivity contribution < 1.29 is 9.53 Å². The molecule has 0 heterocycles. The van der Waals surface area contributed by atoms with Crippen molar-refractivity contribution in [2.45, 2.75) is 44.1 Å². The number of nitrogens with zero attached hydrogens (tertiary/aromatic N) is 1. The minimum Gasteiger partial charge on any atom is -0.410 e. The van der Waals surface area contributed by atoms with Crippen molar-refractivity contribution in [2.75, 3.05) is 0 Å². The SMILES string of the molecule is N#CC1(NC(=O)Oc2ccccc2)CCCCCC1. The molecule has 2 rings (SSSR count). The highest BCUT2D eigenvalue weighted by Gasteiger charge is 2.33. The number of carbonyl (C=O) groups is 1. The van der Waals surface area contributed by atoms with Crippen LogP contribution in [0.1, 0.15) is 38.5 Å². The van der Waals surface area contributed by atoms with Crippen LogP contribution in [0.15, 0.2) is 30.3 Å². The van der Waals surface area contributed by atoms with Crippen LogP contribution < -0.4 is 10.1 Å². The van der Waals surface area contributed by atoms with Crippen LogP contribution in [0.5, 0.6) is 5.75 Å². The van der Waals surface area contributed by atoms with Gasteiger partial charge in [-0.25, -0.2) is 4.79 Å². The van der Waals surface area contributed by atoms with E-state index in [2.05, 4.69) is 11.4 Å². The summed E-state index contributed by atoms with van der Waals surface area (Å²) in [5.41, 5.74) is -0.762. The van der Waals surface area contributed by atoms with Gasteiger partial charge in [-0.3, -0.25) is 0 Å². The zero-order valence-electron chi connectivity index (χ0n) is 10.9. The van der Waals surface area contributed by atoms with E-state index in [0.29, 0.717) is 18.6 Å². The summed E-state index contributed by atoms with van der Waals surface area (Å²) in [6.07, 6.45) is 5.05. The lowest BCUT2D eigenvalue weighted by Crippen LogP contribution is -2.48.